The zero-order valence-electron chi connectivity index (χ0n) is 15.0. The summed E-state index contributed by atoms with van der Waals surface area (Å²) < 4.78 is 13.2. The van der Waals surface area contributed by atoms with E-state index >= 15 is 0 Å². The van der Waals surface area contributed by atoms with E-state index in [1.54, 1.807) is 18.3 Å². The Morgan fingerprint density at radius 1 is 1.39 bits per heavy atom. The lowest BCUT2D eigenvalue weighted by Crippen LogP contribution is -2.23. The van der Waals surface area contributed by atoms with Gasteiger partial charge in [-0.3, -0.25) is 9.59 Å². The SMILES string of the molecule is C[C@H](Sc1nc2sc3c(c2c(=O)[nH]1)CCCC3)C(=O)Nc1ccc(F)c(Cl)c1. The molecule has 0 radical (unpaired) electrons. The number of hydrogen-bond acceptors (Lipinski definition) is 5. The van der Waals surface area contributed by atoms with Crippen LogP contribution in [-0.2, 0) is 17.6 Å². The fourth-order valence-corrected chi connectivity index (χ4v) is 5.54. The molecule has 3 aromatic rings. The highest BCUT2D eigenvalue weighted by Gasteiger charge is 2.22. The van der Waals surface area contributed by atoms with Crippen LogP contribution in [0.1, 0.15) is 30.2 Å². The monoisotopic (exact) mass is 437 g/mol. The number of carbonyl (C=O) groups excluding carboxylic acids is 1. The zero-order chi connectivity index (χ0) is 19.8. The number of anilines is 1. The third-order valence-corrected chi connectivity index (χ3v) is 7.11. The fourth-order valence-electron chi connectivity index (χ4n) is 3.24. The van der Waals surface area contributed by atoms with E-state index in [0.29, 0.717) is 16.2 Å². The number of thiophene rings is 1. The van der Waals surface area contributed by atoms with E-state index in [2.05, 4.69) is 15.3 Å². The highest BCUT2D eigenvalue weighted by molar-refractivity contribution is 8.00. The van der Waals surface area contributed by atoms with Crippen molar-refractivity contribution in [1.29, 1.82) is 0 Å². The van der Waals surface area contributed by atoms with Crippen LogP contribution in [0.15, 0.2) is 28.2 Å². The molecule has 0 aliphatic heterocycles. The maximum absolute atomic E-state index is 13.2. The van der Waals surface area contributed by atoms with Crippen LogP contribution in [0.25, 0.3) is 10.2 Å². The normalized spacial score (nSPS) is 14.7. The van der Waals surface area contributed by atoms with Crippen LogP contribution >= 0.6 is 34.7 Å². The number of aromatic nitrogens is 2. The van der Waals surface area contributed by atoms with Gasteiger partial charge in [0.15, 0.2) is 5.16 Å². The van der Waals surface area contributed by atoms with E-state index < -0.39 is 11.1 Å². The van der Waals surface area contributed by atoms with Gasteiger partial charge >= 0.3 is 0 Å². The summed E-state index contributed by atoms with van der Waals surface area (Å²) in [5.74, 6) is -0.836. The number of rotatable bonds is 4. The van der Waals surface area contributed by atoms with E-state index in [0.717, 1.165) is 36.1 Å². The average Bonchev–Trinajstić information content (AvgIpc) is 3.03. The van der Waals surface area contributed by atoms with Gasteiger partial charge in [-0.2, -0.15) is 0 Å². The predicted molar refractivity (Wildman–Crippen MR) is 112 cm³/mol. The summed E-state index contributed by atoms with van der Waals surface area (Å²) in [7, 11) is 0. The molecule has 1 atom stereocenters. The quantitative estimate of drug-likeness (QED) is 0.455. The van der Waals surface area contributed by atoms with Crippen molar-refractivity contribution in [3.63, 3.8) is 0 Å². The second-order valence-electron chi connectivity index (χ2n) is 6.64. The lowest BCUT2D eigenvalue weighted by Gasteiger charge is -2.12. The van der Waals surface area contributed by atoms with Crippen molar-refractivity contribution in [3.8, 4) is 0 Å². The van der Waals surface area contributed by atoms with Gasteiger partial charge in [-0.05, 0) is 56.4 Å². The number of aryl methyl sites for hydroxylation is 2. The van der Waals surface area contributed by atoms with Crippen LogP contribution in [0.3, 0.4) is 0 Å². The highest BCUT2D eigenvalue weighted by Crippen LogP contribution is 2.34. The molecular formula is C19H17ClFN3O2S2. The van der Waals surface area contributed by atoms with E-state index in [1.165, 1.54) is 34.8 Å². The number of fused-ring (bicyclic) bond motifs is 3. The van der Waals surface area contributed by atoms with Crippen LogP contribution in [0.5, 0.6) is 0 Å². The average molecular weight is 438 g/mol. The van der Waals surface area contributed by atoms with Crippen molar-refractivity contribution in [3.05, 3.63) is 49.8 Å². The summed E-state index contributed by atoms with van der Waals surface area (Å²) in [4.78, 5) is 34.4. The molecule has 0 fully saturated rings. The molecule has 0 unspecified atom stereocenters. The Morgan fingerprint density at radius 3 is 2.96 bits per heavy atom. The van der Waals surface area contributed by atoms with Crippen molar-refractivity contribution < 1.29 is 9.18 Å². The third-order valence-electron chi connectivity index (χ3n) is 4.65. The summed E-state index contributed by atoms with van der Waals surface area (Å²) in [6, 6.07) is 3.99. The number of amides is 1. The molecule has 5 nitrogen and oxygen atoms in total. The number of aromatic amines is 1. The number of nitrogens with one attached hydrogen (secondary N) is 2. The van der Waals surface area contributed by atoms with Crippen molar-refractivity contribution in [2.45, 2.75) is 43.0 Å². The molecule has 2 N–H and O–H groups in total. The second-order valence-corrected chi connectivity index (χ2v) is 9.46. The first-order valence-corrected chi connectivity index (χ1v) is 11.0. The zero-order valence-corrected chi connectivity index (χ0v) is 17.4. The smallest absolute Gasteiger partial charge is 0.260 e. The number of H-pyrrole nitrogens is 1. The van der Waals surface area contributed by atoms with Gasteiger partial charge in [0, 0.05) is 10.6 Å². The minimum Gasteiger partial charge on any atom is -0.325 e. The Bertz CT molecular complexity index is 1130. The molecule has 2 aromatic heterocycles. The molecule has 0 saturated carbocycles. The molecule has 0 bridgehead atoms. The van der Waals surface area contributed by atoms with E-state index in [-0.39, 0.29) is 16.5 Å². The van der Waals surface area contributed by atoms with E-state index in [9.17, 15) is 14.0 Å². The predicted octanol–water partition coefficient (Wildman–Crippen LogP) is 4.78. The Hall–Kier alpha value is -1.90. The first-order chi connectivity index (χ1) is 13.4. The first-order valence-electron chi connectivity index (χ1n) is 8.89. The van der Waals surface area contributed by atoms with Crippen LogP contribution < -0.4 is 10.9 Å². The molecule has 9 heteroatoms. The van der Waals surface area contributed by atoms with E-state index in [4.69, 9.17) is 11.6 Å². The van der Waals surface area contributed by atoms with Crippen LogP contribution in [0.4, 0.5) is 10.1 Å². The number of carbonyl (C=O) groups is 1. The molecule has 0 spiro atoms. The number of hydrogen-bond donors (Lipinski definition) is 2. The fraction of sp³-hybridized carbons (Fsp3) is 0.316. The summed E-state index contributed by atoms with van der Waals surface area (Å²) in [5.41, 5.74) is 1.40. The van der Waals surface area contributed by atoms with Crippen LogP contribution in [-0.4, -0.2) is 21.1 Å². The molecule has 146 valence electrons. The Kier molecular flexibility index (Phi) is 5.44. The largest absolute Gasteiger partial charge is 0.325 e. The lowest BCUT2D eigenvalue weighted by atomic mass is 9.97. The van der Waals surface area contributed by atoms with Gasteiger partial charge < -0.3 is 10.3 Å². The summed E-state index contributed by atoms with van der Waals surface area (Å²) in [6.07, 6.45) is 4.16. The molecule has 1 amide bonds. The maximum Gasteiger partial charge on any atom is 0.260 e. The molecule has 0 saturated heterocycles. The van der Waals surface area contributed by atoms with Crippen molar-refractivity contribution in [1.82, 2.24) is 9.97 Å². The Labute approximate surface area is 173 Å². The number of benzene rings is 1. The number of nitrogens with zero attached hydrogens (tertiary/aromatic N) is 1. The van der Waals surface area contributed by atoms with Gasteiger partial charge in [0.2, 0.25) is 5.91 Å². The Morgan fingerprint density at radius 2 is 2.18 bits per heavy atom. The molecule has 2 heterocycles. The molecule has 1 aliphatic carbocycles. The van der Waals surface area contributed by atoms with Gasteiger partial charge in [-0.1, -0.05) is 23.4 Å². The minimum absolute atomic E-state index is 0.0591. The molecule has 1 aromatic carbocycles. The van der Waals surface area contributed by atoms with Gasteiger partial charge in [0.25, 0.3) is 5.56 Å². The summed E-state index contributed by atoms with van der Waals surface area (Å²) in [5, 5.41) is 3.23. The second kappa shape index (κ2) is 7.85. The molecular weight excluding hydrogens is 421 g/mol. The highest BCUT2D eigenvalue weighted by atomic mass is 35.5. The molecule has 4 rings (SSSR count). The van der Waals surface area contributed by atoms with Gasteiger partial charge in [-0.25, -0.2) is 9.37 Å². The number of thioether (sulfide) groups is 1. The standard InChI is InChI=1S/C19H17ClFN3O2S2/c1-9(16(25)22-10-6-7-13(21)12(20)8-10)27-19-23-17(26)15-11-4-2-3-5-14(11)28-18(15)24-19/h6-9H,2-5H2,1H3,(H,22,25)(H,23,24,26)/t9-/m0/s1. The summed E-state index contributed by atoms with van der Waals surface area (Å²) in [6.45, 7) is 1.72. The van der Waals surface area contributed by atoms with Gasteiger partial charge in [-0.15, -0.1) is 11.3 Å². The number of halogens is 2. The van der Waals surface area contributed by atoms with Gasteiger partial charge in [0.1, 0.15) is 10.6 Å². The lowest BCUT2D eigenvalue weighted by molar-refractivity contribution is -0.115. The van der Waals surface area contributed by atoms with Crippen molar-refractivity contribution >= 4 is 56.5 Å². The summed E-state index contributed by atoms with van der Waals surface area (Å²) >= 11 is 8.49. The van der Waals surface area contributed by atoms with Crippen molar-refractivity contribution in [2.24, 2.45) is 0 Å². The topological polar surface area (TPSA) is 74.8 Å². The molecule has 1 aliphatic rings. The van der Waals surface area contributed by atoms with Crippen molar-refractivity contribution in [2.75, 3.05) is 5.32 Å². The van der Waals surface area contributed by atoms with Gasteiger partial charge in [0.05, 0.1) is 15.7 Å². The maximum atomic E-state index is 13.2. The van der Waals surface area contributed by atoms with E-state index in [1.807, 2.05) is 0 Å². The minimum atomic E-state index is -0.546. The van der Waals surface area contributed by atoms with Crippen LogP contribution in [0.2, 0.25) is 5.02 Å². The third kappa shape index (κ3) is 3.81. The Balaban J connectivity index is 1.53. The van der Waals surface area contributed by atoms with Crippen LogP contribution in [0, 0.1) is 5.82 Å². The first kappa shape index (κ1) is 19.4. The molecule has 28 heavy (non-hydrogen) atoms.